The summed E-state index contributed by atoms with van der Waals surface area (Å²) in [4.78, 5) is 13.4. The van der Waals surface area contributed by atoms with Gasteiger partial charge in [-0.05, 0) is 30.1 Å². The van der Waals surface area contributed by atoms with Gasteiger partial charge in [0.15, 0.2) is 14.5 Å². The number of carbonyl (C=O) groups excluding carboxylic acids is 1. The van der Waals surface area contributed by atoms with E-state index in [9.17, 15) is 15.0 Å². The van der Waals surface area contributed by atoms with Crippen molar-refractivity contribution in [2.24, 2.45) is 0 Å². The lowest BCUT2D eigenvalue weighted by molar-refractivity contribution is -0.142. The minimum Gasteiger partial charge on any atom is -0.444 e. The van der Waals surface area contributed by atoms with Crippen molar-refractivity contribution in [1.29, 1.82) is 0 Å². The van der Waals surface area contributed by atoms with Crippen LogP contribution in [0.1, 0.15) is 32.8 Å². The highest BCUT2D eigenvalue weighted by Crippen LogP contribution is 2.38. The Bertz CT molecular complexity index is 602. The van der Waals surface area contributed by atoms with Crippen molar-refractivity contribution in [2.75, 3.05) is 6.54 Å². The third kappa shape index (κ3) is 4.85. The molecule has 7 heteroatoms. The largest absolute Gasteiger partial charge is 0.444 e. The summed E-state index contributed by atoms with van der Waals surface area (Å²) in [5.74, 6) is 0. The van der Waals surface area contributed by atoms with Gasteiger partial charge in [-0.15, -0.1) is 0 Å². The summed E-state index contributed by atoms with van der Waals surface area (Å²) in [7, 11) is -2.08. The number of benzene rings is 1. The highest BCUT2D eigenvalue weighted by Gasteiger charge is 2.45. The van der Waals surface area contributed by atoms with Crippen molar-refractivity contribution in [3.8, 4) is 0 Å². The van der Waals surface area contributed by atoms with Gasteiger partial charge in [0.25, 0.3) is 0 Å². The molecule has 1 aliphatic heterocycles. The number of nitrogens with zero attached hydrogens (tertiary/aromatic N) is 1. The first-order chi connectivity index (χ1) is 12.0. The molecule has 1 heterocycles. The number of aliphatic hydroxyl groups is 2. The molecule has 0 aliphatic carbocycles. The maximum absolute atomic E-state index is 12.3. The van der Waals surface area contributed by atoms with E-state index in [4.69, 9.17) is 9.16 Å². The topological polar surface area (TPSA) is 79.2 Å². The van der Waals surface area contributed by atoms with Crippen molar-refractivity contribution in [3.63, 3.8) is 0 Å². The van der Waals surface area contributed by atoms with Crippen LogP contribution in [0, 0.1) is 0 Å². The third-order valence-corrected chi connectivity index (χ3v) is 9.86. The molecule has 0 unspecified atom stereocenters. The Kier molecular flexibility index (Phi) is 6.49. The Morgan fingerprint density at radius 1 is 1.23 bits per heavy atom. The first-order valence-electron chi connectivity index (χ1n) is 9.04. The van der Waals surface area contributed by atoms with E-state index in [0.717, 1.165) is 5.56 Å². The predicted octanol–water partition coefficient (Wildman–Crippen LogP) is 3.10. The monoisotopic (exact) mass is 381 g/mol. The zero-order valence-corrected chi connectivity index (χ0v) is 17.3. The molecule has 26 heavy (non-hydrogen) atoms. The van der Waals surface area contributed by atoms with Crippen LogP contribution in [-0.4, -0.2) is 54.5 Å². The minimum atomic E-state index is -2.08. The van der Waals surface area contributed by atoms with Gasteiger partial charge in [-0.2, -0.15) is 0 Å². The molecule has 0 saturated carbocycles. The van der Waals surface area contributed by atoms with Crippen LogP contribution >= 0.6 is 0 Å². The summed E-state index contributed by atoms with van der Waals surface area (Å²) in [5.41, 5.74) is 0.868. The molecule has 1 fully saturated rings. The second-order valence-electron chi connectivity index (χ2n) is 8.34. The smallest absolute Gasteiger partial charge is 0.412 e. The van der Waals surface area contributed by atoms with E-state index in [1.165, 1.54) is 4.90 Å². The van der Waals surface area contributed by atoms with E-state index in [-0.39, 0.29) is 18.2 Å². The van der Waals surface area contributed by atoms with Crippen LogP contribution in [0.25, 0.3) is 0 Å². The molecule has 6 nitrogen and oxygen atoms in total. The Hall–Kier alpha value is -1.41. The molecule has 2 N–H and O–H groups in total. The predicted molar refractivity (Wildman–Crippen MR) is 102 cm³/mol. The first-order valence-corrected chi connectivity index (χ1v) is 11.9. The summed E-state index contributed by atoms with van der Waals surface area (Å²) in [5, 5.41) is 20.9. The van der Waals surface area contributed by atoms with E-state index in [2.05, 4.69) is 33.9 Å². The van der Waals surface area contributed by atoms with Gasteiger partial charge in [-0.1, -0.05) is 51.1 Å². The summed E-state index contributed by atoms with van der Waals surface area (Å²) < 4.78 is 11.5. The highest BCUT2D eigenvalue weighted by molar-refractivity contribution is 6.74. The zero-order chi connectivity index (χ0) is 19.5. The molecule has 146 valence electrons. The molecular formula is C19H31NO5Si. The third-order valence-electron chi connectivity index (χ3n) is 5.35. The summed E-state index contributed by atoms with van der Waals surface area (Å²) in [6.45, 7) is 11.0. The van der Waals surface area contributed by atoms with Crippen LogP contribution in [0.3, 0.4) is 0 Å². The number of hydrogen-bond acceptors (Lipinski definition) is 5. The van der Waals surface area contributed by atoms with Crippen molar-refractivity contribution in [2.45, 2.75) is 70.4 Å². The van der Waals surface area contributed by atoms with Gasteiger partial charge in [-0.3, -0.25) is 4.90 Å². The van der Waals surface area contributed by atoms with Crippen molar-refractivity contribution >= 4 is 14.4 Å². The Labute approximate surface area is 156 Å². The number of aliphatic hydroxyl groups excluding tert-OH is 2. The van der Waals surface area contributed by atoms with E-state index in [0.29, 0.717) is 6.42 Å². The van der Waals surface area contributed by atoms with Gasteiger partial charge in [0, 0.05) is 6.54 Å². The van der Waals surface area contributed by atoms with E-state index in [1.807, 2.05) is 30.3 Å². The van der Waals surface area contributed by atoms with E-state index < -0.39 is 32.8 Å². The standard InChI is InChI=1S/C19H31NO5Si/c1-19(2,3)26(4,5)25-15-11-12-20(17(22)16(15)21)18(23)24-13-14-9-7-6-8-10-14/h6-10,15-17,21-22H,11-13H2,1-5H3/t15-,16+,17+/m1/s1. The van der Waals surface area contributed by atoms with Gasteiger partial charge in [0.2, 0.25) is 0 Å². The van der Waals surface area contributed by atoms with Crippen LogP contribution in [0.5, 0.6) is 0 Å². The van der Waals surface area contributed by atoms with Gasteiger partial charge in [0.05, 0.1) is 6.10 Å². The van der Waals surface area contributed by atoms with Crippen LogP contribution < -0.4 is 0 Å². The molecule has 0 bridgehead atoms. The zero-order valence-electron chi connectivity index (χ0n) is 16.3. The lowest BCUT2D eigenvalue weighted by Gasteiger charge is -2.45. The number of hydrogen-bond donors (Lipinski definition) is 2. The first kappa shape index (κ1) is 20.9. The average Bonchev–Trinajstić information content (AvgIpc) is 2.57. The van der Waals surface area contributed by atoms with Gasteiger partial charge < -0.3 is 19.4 Å². The molecule has 1 aromatic rings. The number of rotatable bonds is 4. The summed E-state index contributed by atoms with van der Waals surface area (Å²) >= 11 is 0. The summed E-state index contributed by atoms with van der Waals surface area (Å²) in [6.07, 6.45) is -3.13. The quantitative estimate of drug-likeness (QED) is 0.784. The van der Waals surface area contributed by atoms with Crippen molar-refractivity contribution < 1.29 is 24.2 Å². The van der Waals surface area contributed by atoms with Crippen LogP contribution in [0.15, 0.2) is 30.3 Å². The number of likely N-dealkylation sites (tertiary alicyclic amines) is 1. The fourth-order valence-corrected chi connectivity index (χ4v) is 4.00. The van der Waals surface area contributed by atoms with Crippen LogP contribution in [-0.2, 0) is 15.8 Å². The lowest BCUT2D eigenvalue weighted by Crippen LogP contribution is -2.59. The van der Waals surface area contributed by atoms with Crippen molar-refractivity contribution in [3.05, 3.63) is 35.9 Å². The minimum absolute atomic E-state index is 0.00339. The molecule has 1 aromatic carbocycles. The van der Waals surface area contributed by atoms with Gasteiger partial charge >= 0.3 is 6.09 Å². The SMILES string of the molecule is CC(C)(C)[Si](C)(C)O[C@@H]1CCN(C(=O)OCc2ccccc2)[C@@H](O)[C@H]1O. The van der Waals surface area contributed by atoms with Gasteiger partial charge in [-0.25, -0.2) is 4.79 Å². The number of piperidine rings is 1. The molecule has 1 saturated heterocycles. The lowest BCUT2D eigenvalue weighted by atomic mass is 10.0. The fraction of sp³-hybridized carbons (Fsp3) is 0.632. The van der Waals surface area contributed by atoms with Crippen molar-refractivity contribution in [1.82, 2.24) is 4.90 Å². The summed E-state index contributed by atoms with van der Waals surface area (Å²) in [6, 6.07) is 9.34. The van der Waals surface area contributed by atoms with Crippen LogP contribution in [0.2, 0.25) is 18.1 Å². The second-order valence-corrected chi connectivity index (χ2v) is 13.1. The fourth-order valence-electron chi connectivity index (χ4n) is 2.63. The molecular weight excluding hydrogens is 350 g/mol. The molecule has 1 amide bonds. The Balaban J connectivity index is 1.94. The number of carbonyl (C=O) groups is 1. The normalized spacial score (nSPS) is 24.4. The van der Waals surface area contributed by atoms with E-state index >= 15 is 0 Å². The molecule has 2 rings (SSSR count). The van der Waals surface area contributed by atoms with Gasteiger partial charge in [0.1, 0.15) is 12.7 Å². The molecule has 0 spiro atoms. The Morgan fingerprint density at radius 2 is 1.85 bits per heavy atom. The maximum Gasteiger partial charge on any atom is 0.412 e. The Morgan fingerprint density at radius 3 is 2.42 bits per heavy atom. The maximum atomic E-state index is 12.3. The molecule has 0 aromatic heterocycles. The average molecular weight is 382 g/mol. The number of ether oxygens (including phenoxy) is 1. The van der Waals surface area contributed by atoms with Crippen LogP contribution in [0.4, 0.5) is 4.79 Å². The molecule has 1 aliphatic rings. The number of amides is 1. The molecule has 3 atom stereocenters. The highest BCUT2D eigenvalue weighted by atomic mass is 28.4. The van der Waals surface area contributed by atoms with E-state index in [1.54, 1.807) is 0 Å². The molecule has 0 radical (unpaired) electrons. The second kappa shape index (κ2) is 8.08.